The van der Waals surface area contributed by atoms with Crippen molar-refractivity contribution in [2.75, 3.05) is 19.6 Å². The van der Waals surface area contributed by atoms with E-state index < -0.39 is 0 Å². The van der Waals surface area contributed by atoms with Gasteiger partial charge in [-0.05, 0) is 52.9 Å². The number of nitrogens with zero attached hydrogens (tertiary/aromatic N) is 1. The molecule has 0 atom stereocenters. The fourth-order valence-corrected chi connectivity index (χ4v) is 3.78. The minimum Gasteiger partial charge on any atom is -1.00 e. The van der Waals surface area contributed by atoms with Crippen LogP contribution in [0.2, 0.25) is 0 Å². The van der Waals surface area contributed by atoms with E-state index in [0.717, 1.165) is 32.5 Å². The normalized spacial score (nSPS) is 11.7. The van der Waals surface area contributed by atoms with Crippen molar-refractivity contribution in [3.05, 3.63) is 12.2 Å². The summed E-state index contributed by atoms with van der Waals surface area (Å²) in [4.78, 5) is 12.5. The highest BCUT2D eigenvalue weighted by Crippen LogP contribution is 2.14. The minimum absolute atomic E-state index is 0. The van der Waals surface area contributed by atoms with Crippen LogP contribution < -0.4 is 24.0 Å². The molecular weight excluding hydrogens is 445 g/mol. The monoisotopic (exact) mass is 493 g/mol. The summed E-state index contributed by atoms with van der Waals surface area (Å²) in [6.45, 7) is 11.5. The number of carbonyl (C=O) groups is 1. The van der Waals surface area contributed by atoms with Crippen LogP contribution in [-0.4, -0.2) is 30.0 Å². The first-order valence-corrected chi connectivity index (χ1v) is 11.7. The van der Waals surface area contributed by atoms with Crippen LogP contribution in [0.25, 0.3) is 0 Å². The third kappa shape index (κ3) is 14.7. The number of quaternary nitrogens is 1. The molecule has 0 fully saturated rings. The quantitative estimate of drug-likeness (QED) is 0.120. The number of halogens is 1. The van der Waals surface area contributed by atoms with Crippen molar-refractivity contribution in [3.8, 4) is 0 Å². The summed E-state index contributed by atoms with van der Waals surface area (Å²) in [6, 6.07) is 0. The van der Waals surface area contributed by atoms with E-state index in [-0.39, 0.29) is 24.0 Å². The molecule has 0 aliphatic rings. The van der Waals surface area contributed by atoms with E-state index in [2.05, 4.69) is 39.8 Å². The molecule has 0 radical (unpaired) electrons. The fourth-order valence-electron chi connectivity index (χ4n) is 3.78. The van der Waals surface area contributed by atoms with Gasteiger partial charge in [0.1, 0.15) is 0 Å². The van der Waals surface area contributed by atoms with Crippen LogP contribution in [0.1, 0.15) is 118 Å². The number of hydrogen-bond acceptors (Lipinski definition) is 1. The number of allylic oxidation sites excluding steroid dienone is 2. The zero-order chi connectivity index (χ0) is 19.5. The second kappa shape index (κ2) is 20.8. The van der Waals surface area contributed by atoms with E-state index in [1.165, 1.54) is 77.0 Å². The lowest BCUT2D eigenvalue weighted by Crippen LogP contribution is -3.00. The smallest absolute Gasteiger partial charge is 0.313 e. The molecule has 0 aliphatic heterocycles. The Balaban J connectivity index is 0. The highest BCUT2D eigenvalue weighted by atomic mass is 127. The molecule has 0 saturated carbocycles. The van der Waals surface area contributed by atoms with E-state index in [1.807, 2.05) is 0 Å². The summed E-state index contributed by atoms with van der Waals surface area (Å²) in [7, 11) is 0. The van der Waals surface area contributed by atoms with E-state index in [0.29, 0.717) is 10.4 Å². The van der Waals surface area contributed by atoms with E-state index in [1.54, 1.807) is 0 Å². The van der Waals surface area contributed by atoms with Crippen molar-refractivity contribution >= 4 is 5.91 Å². The predicted molar refractivity (Wildman–Crippen MR) is 116 cm³/mol. The maximum absolute atomic E-state index is 12.5. The lowest BCUT2D eigenvalue weighted by atomic mass is 10.1. The molecule has 0 rings (SSSR count). The molecular formula is C24H48INO. The summed E-state index contributed by atoms with van der Waals surface area (Å²) < 4.78 is 0.670. The van der Waals surface area contributed by atoms with Gasteiger partial charge < -0.3 is 24.0 Å². The van der Waals surface area contributed by atoms with E-state index in [4.69, 9.17) is 0 Å². The zero-order valence-corrected chi connectivity index (χ0v) is 21.1. The Morgan fingerprint density at radius 2 is 1.04 bits per heavy atom. The number of rotatable bonds is 18. The summed E-state index contributed by atoms with van der Waals surface area (Å²) in [6.07, 6.45) is 22.6. The molecule has 27 heavy (non-hydrogen) atoms. The number of unbranched alkanes of at least 4 members (excludes halogenated alkanes) is 11. The lowest BCUT2D eigenvalue weighted by Gasteiger charge is -2.32. The maximum atomic E-state index is 12.5. The van der Waals surface area contributed by atoms with Crippen LogP contribution in [-0.2, 0) is 4.79 Å². The van der Waals surface area contributed by atoms with Crippen LogP contribution in [0.5, 0.6) is 0 Å². The van der Waals surface area contributed by atoms with Gasteiger partial charge in [-0.2, -0.15) is 0 Å². The summed E-state index contributed by atoms with van der Waals surface area (Å²) in [5, 5.41) is 0. The Morgan fingerprint density at radius 3 is 1.48 bits per heavy atom. The van der Waals surface area contributed by atoms with Gasteiger partial charge in [0.25, 0.3) is 0 Å². The number of amides is 1. The van der Waals surface area contributed by atoms with Crippen LogP contribution in [0.15, 0.2) is 12.2 Å². The van der Waals surface area contributed by atoms with E-state index in [9.17, 15) is 4.79 Å². The number of carbonyl (C=O) groups excluding carboxylic acids is 1. The first kappa shape index (κ1) is 29.3. The molecule has 0 saturated heterocycles. The Morgan fingerprint density at radius 1 is 0.630 bits per heavy atom. The Labute approximate surface area is 188 Å². The average Bonchev–Trinajstić information content (AvgIpc) is 2.66. The van der Waals surface area contributed by atoms with Gasteiger partial charge in [0.15, 0.2) is 0 Å². The third-order valence-electron chi connectivity index (χ3n) is 6.00. The Hall–Kier alpha value is 0.1000. The summed E-state index contributed by atoms with van der Waals surface area (Å²) in [5.41, 5.74) is 0. The van der Waals surface area contributed by atoms with E-state index >= 15 is 0 Å². The van der Waals surface area contributed by atoms with Crippen molar-refractivity contribution in [1.82, 2.24) is 0 Å². The molecule has 0 aromatic carbocycles. The second-order valence-corrected chi connectivity index (χ2v) is 7.82. The van der Waals surface area contributed by atoms with Gasteiger partial charge in [-0.15, -0.1) is 0 Å². The molecule has 1 amide bonds. The molecule has 2 nitrogen and oxygen atoms in total. The van der Waals surface area contributed by atoms with Crippen molar-refractivity contribution in [2.24, 2.45) is 0 Å². The molecule has 0 heterocycles. The molecule has 0 aliphatic carbocycles. The van der Waals surface area contributed by atoms with Crippen molar-refractivity contribution in [3.63, 3.8) is 0 Å². The Kier molecular flexibility index (Phi) is 22.6. The second-order valence-electron chi connectivity index (χ2n) is 7.82. The first-order chi connectivity index (χ1) is 12.7. The largest absolute Gasteiger partial charge is 1.00 e. The molecule has 0 spiro atoms. The number of hydrogen-bond donors (Lipinski definition) is 0. The Bertz CT molecular complexity index is 342. The molecule has 0 N–H and O–H groups in total. The van der Waals surface area contributed by atoms with Gasteiger partial charge in [-0.25, -0.2) is 4.79 Å². The average molecular weight is 494 g/mol. The van der Waals surface area contributed by atoms with Gasteiger partial charge in [-0.3, -0.25) is 4.48 Å². The van der Waals surface area contributed by atoms with Gasteiger partial charge in [0.05, 0.1) is 26.1 Å². The zero-order valence-electron chi connectivity index (χ0n) is 18.9. The van der Waals surface area contributed by atoms with Crippen molar-refractivity contribution in [1.29, 1.82) is 0 Å². The molecule has 0 bridgehead atoms. The molecule has 0 aromatic heterocycles. The fraction of sp³-hybridized carbons (Fsp3) is 0.875. The molecule has 3 heteroatoms. The standard InChI is InChI=1S/C24H48NO.HI/c1-5-9-10-11-12-13-14-15-16-17-18-19-20-21-22-23-24(26)25(6-2,7-3)8-4;/h15-16H,5-14,17-23H2,1-4H3;1H/q+1;/p-1. The van der Waals surface area contributed by atoms with Crippen LogP contribution in [0.3, 0.4) is 0 Å². The third-order valence-corrected chi connectivity index (χ3v) is 6.00. The maximum Gasteiger partial charge on any atom is 0.313 e. The molecule has 162 valence electrons. The van der Waals surface area contributed by atoms with Gasteiger partial charge in [0.2, 0.25) is 0 Å². The SMILES string of the molecule is CCCCCCCCC=CCCCCCCCC(=O)[N+](CC)(CC)CC.[I-]. The van der Waals surface area contributed by atoms with Crippen LogP contribution >= 0.6 is 0 Å². The van der Waals surface area contributed by atoms with Crippen molar-refractivity contribution in [2.45, 2.75) is 118 Å². The topological polar surface area (TPSA) is 17.1 Å². The first-order valence-electron chi connectivity index (χ1n) is 11.7. The highest BCUT2D eigenvalue weighted by molar-refractivity contribution is 5.68. The van der Waals surface area contributed by atoms with Crippen molar-refractivity contribution < 1.29 is 33.3 Å². The van der Waals surface area contributed by atoms with Gasteiger partial charge in [0, 0.05) is 0 Å². The lowest BCUT2D eigenvalue weighted by molar-refractivity contribution is -0.849. The van der Waals surface area contributed by atoms with Gasteiger partial charge >= 0.3 is 5.91 Å². The van der Waals surface area contributed by atoms with Crippen LogP contribution in [0, 0.1) is 0 Å². The van der Waals surface area contributed by atoms with Gasteiger partial charge in [-0.1, -0.05) is 70.4 Å². The highest BCUT2D eigenvalue weighted by Gasteiger charge is 2.29. The summed E-state index contributed by atoms with van der Waals surface area (Å²) in [5.74, 6) is 0.454. The van der Waals surface area contributed by atoms with Crippen LogP contribution in [0.4, 0.5) is 0 Å². The minimum atomic E-state index is 0. The predicted octanol–water partition coefficient (Wildman–Crippen LogP) is 4.43. The summed E-state index contributed by atoms with van der Waals surface area (Å²) >= 11 is 0. The molecule has 0 unspecified atom stereocenters. The molecule has 0 aromatic rings.